The van der Waals surface area contributed by atoms with E-state index in [2.05, 4.69) is 10.6 Å². The van der Waals surface area contributed by atoms with E-state index in [-0.39, 0.29) is 17.8 Å². The molecule has 0 saturated carbocycles. The van der Waals surface area contributed by atoms with Crippen molar-refractivity contribution in [2.24, 2.45) is 5.41 Å². The lowest BCUT2D eigenvalue weighted by atomic mass is 9.81. The van der Waals surface area contributed by atoms with Crippen LogP contribution in [0.1, 0.15) is 36.5 Å². The number of rotatable bonds is 4. The Morgan fingerprint density at radius 3 is 2.55 bits per heavy atom. The second kappa shape index (κ2) is 8.64. The number of anilines is 1. The number of carbonyl (C=O) groups is 2. The Morgan fingerprint density at radius 2 is 1.86 bits per heavy atom. The molecule has 0 aliphatic carbocycles. The molecule has 0 bridgehead atoms. The molecule has 0 radical (unpaired) electrons. The lowest BCUT2D eigenvalue weighted by molar-refractivity contribution is -0.132. The average molecular weight is 397 g/mol. The summed E-state index contributed by atoms with van der Waals surface area (Å²) < 4.78 is 13.7. The maximum atomic E-state index is 13.7. The molecule has 1 fully saturated rings. The molecule has 1 saturated heterocycles. The van der Waals surface area contributed by atoms with Crippen LogP contribution in [0.3, 0.4) is 0 Å². The molecule has 6 heteroatoms. The Hall–Kier alpha value is -2.89. The van der Waals surface area contributed by atoms with Crippen molar-refractivity contribution in [2.75, 3.05) is 18.4 Å². The van der Waals surface area contributed by atoms with Crippen molar-refractivity contribution in [3.63, 3.8) is 0 Å². The zero-order chi connectivity index (χ0) is 21.0. The first kappa shape index (κ1) is 20.8. The molecule has 0 spiro atoms. The molecule has 3 rings (SSSR count). The summed E-state index contributed by atoms with van der Waals surface area (Å²) >= 11 is 0. The SMILES string of the molecule is Cc1ccc(CNC(=O)[C@@]2(C)CCCN(C(=O)Nc3ccc(C)c(F)c3)C2)cc1. The fourth-order valence-corrected chi connectivity index (χ4v) is 3.57. The molecule has 0 aromatic heterocycles. The van der Waals surface area contributed by atoms with E-state index in [0.29, 0.717) is 30.9 Å². The molecule has 2 aromatic carbocycles. The standard InChI is InChI=1S/C23H28FN3O2/c1-16-5-8-18(9-6-16)14-25-21(28)23(3)11-4-12-27(15-23)22(29)26-19-10-7-17(2)20(24)13-19/h5-10,13H,4,11-12,14-15H2,1-3H3,(H,25,28)(H,26,29)/t23-/m0/s1. The quantitative estimate of drug-likeness (QED) is 0.804. The van der Waals surface area contributed by atoms with Gasteiger partial charge in [0.15, 0.2) is 0 Å². The molecule has 1 heterocycles. The third-order valence-electron chi connectivity index (χ3n) is 5.53. The van der Waals surface area contributed by atoms with Gasteiger partial charge in [0.25, 0.3) is 0 Å². The maximum Gasteiger partial charge on any atom is 0.321 e. The Morgan fingerprint density at radius 1 is 1.14 bits per heavy atom. The number of hydrogen-bond acceptors (Lipinski definition) is 2. The van der Waals surface area contributed by atoms with Gasteiger partial charge >= 0.3 is 6.03 Å². The molecule has 1 atom stereocenters. The fraction of sp³-hybridized carbons (Fsp3) is 0.391. The van der Waals surface area contributed by atoms with Crippen LogP contribution in [0.2, 0.25) is 0 Å². The second-order valence-corrected chi connectivity index (χ2v) is 8.15. The number of hydrogen-bond donors (Lipinski definition) is 2. The third-order valence-corrected chi connectivity index (χ3v) is 5.53. The minimum atomic E-state index is -0.654. The van der Waals surface area contributed by atoms with Crippen LogP contribution in [0.4, 0.5) is 14.9 Å². The molecule has 2 aromatic rings. The lowest BCUT2D eigenvalue weighted by Crippen LogP contribution is -2.52. The second-order valence-electron chi connectivity index (χ2n) is 8.15. The highest BCUT2D eigenvalue weighted by molar-refractivity contribution is 5.90. The normalized spacial score (nSPS) is 19.0. The molecular formula is C23H28FN3O2. The van der Waals surface area contributed by atoms with E-state index < -0.39 is 5.41 Å². The number of nitrogens with zero attached hydrogens (tertiary/aromatic N) is 1. The predicted octanol–water partition coefficient (Wildman–Crippen LogP) is 4.39. The molecule has 1 aliphatic rings. The monoisotopic (exact) mass is 397 g/mol. The Kier molecular flexibility index (Phi) is 6.20. The van der Waals surface area contributed by atoms with Crippen molar-refractivity contribution in [3.8, 4) is 0 Å². The van der Waals surface area contributed by atoms with Gasteiger partial charge in [0, 0.05) is 25.3 Å². The number of carbonyl (C=O) groups excluding carboxylic acids is 2. The lowest BCUT2D eigenvalue weighted by Gasteiger charge is -2.39. The number of urea groups is 1. The van der Waals surface area contributed by atoms with Gasteiger partial charge in [-0.1, -0.05) is 35.9 Å². The van der Waals surface area contributed by atoms with E-state index in [9.17, 15) is 14.0 Å². The fourth-order valence-electron chi connectivity index (χ4n) is 3.57. The van der Waals surface area contributed by atoms with E-state index in [1.807, 2.05) is 38.1 Å². The van der Waals surface area contributed by atoms with Crippen LogP contribution >= 0.6 is 0 Å². The zero-order valence-electron chi connectivity index (χ0n) is 17.2. The van der Waals surface area contributed by atoms with Gasteiger partial charge in [0.1, 0.15) is 5.82 Å². The summed E-state index contributed by atoms with van der Waals surface area (Å²) in [7, 11) is 0. The van der Waals surface area contributed by atoms with E-state index in [1.165, 1.54) is 11.6 Å². The van der Waals surface area contributed by atoms with Crippen molar-refractivity contribution < 1.29 is 14.0 Å². The number of benzene rings is 2. The molecule has 5 nitrogen and oxygen atoms in total. The highest BCUT2D eigenvalue weighted by atomic mass is 19.1. The molecule has 3 amide bonds. The van der Waals surface area contributed by atoms with Gasteiger partial charge in [-0.15, -0.1) is 0 Å². The number of aryl methyl sites for hydroxylation is 2. The topological polar surface area (TPSA) is 61.4 Å². The van der Waals surface area contributed by atoms with Crippen molar-refractivity contribution in [3.05, 3.63) is 65.0 Å². The number of amides is 3. The number of nitrogens with one attached hydrogen (secondary N) is 2. The van der Waals surface area contributed by atoms with E-state index in [0.717, 1.165) is 18.4 Å². The summed E-state index contributed by atoms with van der Waals surface area (Å²) in [6.45, 7) is 6.95. The summed E-state index contributed by atoms with van der Waals surface area (Å²) in [4.78, 5) is 27.1. The Balaban J connectivity index is 1.60. The van der Waals surface area contributed by atoms with Gasteiger partial charge in [0.05, 0.1) is 5.41 Å². The van der Waals surface area contributed by atoms with Crippen molar-refractivity contribution >= 4 is 17.6 Å². The van der Waals surface area contributed by atoms with Crippen molar-refractivity contribution in [1.82, 2.24) is 10.2 Å². The van der Waals surface area contributed by atoms with Crippen LogP contribution < -0.4 is 10.6 Å². The molecule has 2 N–H and O–H groups in total. The molecule has 1 aliphatic heterocycles. The first-order valence-corrected chi connectivity index (χ1v) is 9.93. The number of halogens is 1. The van der Waals surface area contributed by atoms with Gasteiger partial charge in [-0.3, -0.25) is 4.79 Å². The van der Waals surface area contributed by atoms with Crippen molar-refractivity contribution in [2.45, 2.75) is 40.2 Å². The van der Waals surface area contributed by atoms with Crippen LogP contribution in [0.5, 0.6) is 0 Å². The smallest absolute Gasteiger partial charge is 0.321 e. The largest absolute Gasteiger partial charge is 0.351 e. The van der Waals surface area contributed by atoms with Crippen LogP contribution in [0, 0.1) is 25.1 Å². The third kappa shape index (κ3) is 5.13. The minimum absolute atomic E-state index is 0.0584. The van der Waals surface area contributed by atoms with E-state index in [1.54, 1.807) is 24.0 Å². The van der Waals surface area contributed by atoms with E-state index >= 15 is 0 Å². The number of likely N-dealkylation sites (tertiary alicyclic amines) is 1. The van der Waals surface area contributed by atoms with Gasteiger partial charge in [-0.2, -0.15) is 0 Å². The van der Waals surface area contributed by atoms with Gasteiger partial charge in [0.2, 0.25) is 5.91 Å². The number of piperidine rings is 1. The Bertz CT molecular complexity index is 897. The summed E-state index contributed by atoms with van der Waals surface area (Å²) in [5.41, 5.74) is 2.50. The van der Waals surface area contributed by atoms with E-state index in [4.69, 9.17) is 0 Å². The van der Waals surface area contributed by atoms with Crippen molar-refractivity contribution in [1.29, 1.82) is 0 Å². The van der Waals surface area contributed by atoms with Gasteiger partial charge < -0.3 is 15.5 Å². The highest BCUT2D eigenvalue weighted by Gasteiger charge is 2.39. The summed E-state index contributed by atoms with van der Waals surface area (Å²) in [5, 5.41) is 5.74. The van der Waals surface area contributed by atoms with Crippen LogP contribution in [-0.4, -0.2) is 29.9 Å². The summed E-state index contributed by atoms with van der Waals surface area (Å²) in [5.74, 6) is -0.418. The Labute approximate surface area is 171 Å². The predicted molar refractivity (Wildman–Crippen MR) is 112 cm³/mol. The zero-order valence-corrected chi connectivity index (χ0v) is 17.2. The highest BCUT2D eigenvalue weighted by Crippen LogP contribution is 2.30. The molecule has 154 valence electrons. The maximum absolute atomic E-state index is 13.7. The molecular weight excluding hydrogens is 369 g/mol. The first-order valence-electron chi connectivity index (χ1n) is 9.93. The molecule has 29 heavy (non-hydrogen) atoms. The minimum Gasteiger partial charge on any atom is -0.351 e. The van der Waals surface area contributed by atoms with Gasteiger partial charge in [-0.05, 0) is 56.9 Å². The van der Waals surface area contributed by atoms with Crippen LogP contribution in [-0.2, 0) is 11.3 Å². The van der Waals surface area contributed by atoms with Crippen LogP contribution in [0.25, 0.3) is 0 Å². The first-order chi connectivity index (χ1) is 13.8. The van der Waals surface area contributed by atoms with Crippen LogP contribution in [0.15, 0.2) is 42.5 Å². The van der Waals surface area contributed by atoms with Gasteiger partial charge in [-0.25, -0.2) is 9.18 Å². The average Bonchev–Trinajstić information content (AvgIpc) is 2.70. The summed E-state index contributed by atoms with van der Waals surface area (Å²) in [6.07, 6.45) is 1.46. The molecule has 0 unspecified atom stereocenters. The summed E-state index contributed by atoms with van der Waals surface area (Å²) in [6, 6.07) is 12.3.